The molecule has 1 atom stereocenters. The molecule has 1 saturated heterocycles. The topological polar surface area (TPSA) is 78.9 Å². The van der Waals surface area contributed by atoms with Crippen molar-refractivity contribution in [3.63, 3.8) is 0 Å². The van der Waals surface area contributed by atoms with Crippen molar-refractivity contribution < 1.29 is 19.1 Å². The summed E-state index contributed by atoms with van der Waals surface area (Å²) in [6.07, 6.45) is 0. The predicted octanol–water partition coefficient (Wildman–Crippen LogP) is 0.948. The van der Waals surface area contributed by atoms with Crippen LogP contribution < -0.4 is 5.32 Å². The third kappa shape index (κ3) is 3.50. The second-order valence-electron chi connectivity index (χ2n) is 5.94. The molecule has 1 fully saturated rings. The van der Waals surface area contributed by atoms with Gasteiger partial charge in [-0.25, -0.2) is 4.79 Å². The third-order valence-electron chi connectivity index (χ3n) is 4.33. The number of carbonyl (C=O) groups excluding carboxylic acids is 3. The summed E-state index contributed by atoms with van der Waals surface area (Å²) in [5.74, 6) is -0.506. The average Bonchev–Trinajstić information content (AvgIpc) is 3.00. The van der Waals surface area contributed by atoms with Gasteiger partial charge in [0.1, 0.15) is 12.0 Å². The van der Waals surface area contributed by atoms with Gasteiger partial charge in [-0.2, -0.15) is 0 Å². The molecule has 1 aromatic carbocycles. The van der Waals surface area contributed by atoms with E-state index in [1.807, 2.05) is 37.3 Å². The van der Waals surface area contributed by atoms with Crippen molar-refractivity contribution >= 4 is 17.9 Å². The van der Waals surface area contributed by atoms with Crippen LogP contribution in [0.4, 0.5) is 4.79 Å². The molecular formula is C17H23N3O4. The molecule has 1 unspecified atom stereocenters. The first-order chi connectivity index (χ1) is 11.4. The van der Waals surface area contributed by atoms with E-state index >= 15 is 0 Å². The first kappa shape index (κ1) is 17.8. The fourth-order valence-electron chi connectivity index (χ4n) is 2.70. The van der Waals surface area contributed by atoms with E-state index in [4.69, 9.17) is 4.74 Å². The van der Waals surface area contributed by atoms with Crippen LogP contribution in [0, 0.1) is 0 Å². The average molecular weight is 333 g/mol. The van der Waals surface area contributed by atoms with Crippen LogP contribution in [0.25, 0.3) is 0 Å². The Morgan fingerprint density at radius 3 is 2.50 bits per heavy atom. The standard InChI is InChI=1S/C17H23N3O4/c1-4-19-12-20(10-14(19)21)16(23)18-11-17(2,15(22)24-3)13-8-6-5-7-9-13/h5-9H,4,10-12H2,1-3H3,(H,18,23). The number of rotatable bonds is 5. The molecule has 7 heteroatoms. The Hall–Kier alpha value is -2.57. The molecule has 0 saturated carbocycles. The maximum Gasteiger partial charge on any atom is 0.319 e. The molecule has 0 radical (unpaired) electrons. The number of hydrogen-bond donors (Lipinski definition) is 1. The van der Waals surface area contributed by atoms with Gasteiger partial charge < -0.3 is 15.0 Å². The van der Waals surface area contributed by atoms with Crippen molar-refractivity contribution in [3.05, 3.63) is 35.9 Å². The largest absolute Gasteiger partial charge is 0.468 e. The number of likely N-dealkylation sites (N-methyl/N-ethyl adjacent to an activating group) is 1. The lowest BCUT2D eigenvalue weighted by Gasteiger charge is -2.28. The number of urea groups is 1. The molecule has 1 aromatic rings. The van der Waals surface area contributed by atoms with E-state index in [1.165, 1.54) is 12.0 Å². The van der Waals surface area contributed by atoms with Gasteiger partial charge in [0.2, 0.25) is 5.91 Å². The summed E-state index contributed by atoms with van der Waals surface area (Å²) in [6.45, 7) is 4.55. The lowest BCUT2D eigenvalue weighted by atomic mass is 9.82. The highest BCUT2D eigenvalue weighted by Crippen LogP contribution is 2.24. The molecular weight excluding hydrogens is 310 g/mol. The van der Waals surface area contributed by atoms with Crippen LogP contribution >= 0.6 is 0 Å². The minimum absolute atomic E-state index is 0.0555. The first-order valence-electron chi connectivity index (χ1n) is 7.87. The highest BCUT2D eigenvalue weighted by molar-refractivity contribution is 5.88. The van der Waals surface area contributed by atoms with Gasteiger partial charge in [-0.1, -0.05) is 30.3 Å². The molecule has 0 aliphatic carbocycles. The van der Waals surface area contributed by atoms with E-state index in [2.05, 4.69) is 5.32 Å². The number of amides is 3. The van der Waals surface area contributed by atoms with E-state index < -0.39 is 11.4 Å². The number of hydrogen-bond acceptors (Lipinski definition) is 4. The summed E-state index contributed by atoms with van der Waals surface area (Å²) in [4.78, 5) is 39.3. The molecule has 0 spiro atoms. The molecule has 1 heterocycles. The van der Waals surface area contributed by atoms with E-state index in [9.17, 15) is 14.4 Å². The predicted molar refractivity (Wildman–Crippen MR) is 88.2 cm³/mol. The van der Waals surface area contributed by atoms with Crippen LogP contribution in [0.15, 0.2) is 30.3 Å². The number of esters is 1. The Labute approximate surface area is 141 Å². The number of nitrogens with one attached hydrogen (secondary N) is 1. The summed E-state index contributed by atoms with van der Waals surface area (Å²) >= 11 is 0. The van der Waals surface area contributed by atoms with Crippen LogP contribution in [0.2, 0.25) is 0 Å². The van der Waals surface area contributed by atoms with Crippen molar-refractivity contribution in [2.75, 3.05) is 33.4 Å². The maximum atomic E-state index is 12.3. The molecule has 3 amide bonds. The van der Waals surface area contributed by atoms with Crippen molar-refractivity contribution in [2.45, 2.75) is 19.3 Å². The smallest absolute Gasteiger partial charge is 0.319 e. The highest BCUT2D eigenvalue weighted by atomic mass is 16.5. The quantitative estimate of drug-likeness (QED) is 0.814. The highest BCUT2D eigenvalue weighted by Gasteiger charge is 2.38. The van der Waals surface area contributed by atoms with E-state index in [0.717, 1.165) is 5.56 Å². The van der Waals surface area contributed by atoms with Gasteiger partial charge in [-0.3, -0.25) is 14.5 Å². The Balaban J connectivity index is 2.08. The van der Waals surface area contributed by atoms with E-state index in [-0.39, 0.29) is 31.7 Å². The van der Waals surface area contributed by atoms with Gasteiger partial charge in [-0.05, 0) is 19.4 Å². The first-order valence-corrected chi connectivity index (χ1v) is 7.87. The molecule has 7 nitrogen and oxygen atoms in total. The Morgan fingerprint density at radius 2 is 1.96 bits per heavy atom. The van der Waals surface area contributed by atoms with Crippen LogP contribution in [0.3, 0.4) is 0 Å². The second-order valence-corrected chi connectivity index (χ2v) is 5.94. The van der Waals surface area contributed by atoms with Crippen LogP contribution in [0.1, 0.15) is 19.4 Å². The van der Waals surface area contributed by atoms with Crippen molar-refractivity contribution in [1.29, 1.82) is 0 Å². The Bertz CT molecular complexity index is 620. The zero-order chi connectivity index (χ0) is 17.7. The molecule has 1 aliphatic rings. The fourth-order valence-corrected chi connectivity index (χ4v) is 2.70. The van der Waals surface area contributed by atoms with E-state index in [0.29, 0.717) is 6.54 Å². The monoisotopic (exact) mass is 333 g/mol. The number of ether oxygens (including phenoxy) is 1. The molecule has 0 bridgehead atoms. The summed E-state index contributed by atoms with van der Waals surface area (Å²) in [5, 5.41) is 2.75. The van der Waals surface area contributed by atoms with Gasteiger partial charge in [0.15, 0.2) is 0 Å². The Kier molecular flexibility index (Phi) is 5.43. The van der Waals surface area contributed by atoms with Gasteiger partial charge in [0.05, 0.1) is 13.8 Å². The third-order valence-corrected chi connectivity index (χ3v) is 4.33. The van der Waals surface area contributed by atoms with Crippen molar-refractivity contribution in [1.82, 2.24) is 15.1 Å². The Morgan fingerprint density at radius 1 is 1.29 bits per heavy atom. The normalized spacial score (nSPS) is 16.7. The molecule has 1 N–H and O–H groups in total. The lowest BCUT2D eigenvalue weighted by molar-refractivity contribution is -0.146. The minimum Gasteiger partial charge on any atom is -0.468 e. The molecule has 24 heavy (non-hydrogen) atoms. The second kappa shape index (κ2) is 7.33. The zero-order valence-corrected chi connectivity index (χ0v) is 14.2. The zero-order valence-electron chi connectivity index (χ0n) is 14.2. The fraction of sp³-hybridized carbons (Fsp3) is 0.471. The SMILES string of the molecule is CCN1CN(C(=O)NCC(C)(C(=O)OC)c2ccccc2)CC1=O. The lowest BCUT2D eigenvalue weighted by Crippen LogP contribution is -2.48. The van der Waals surface area contributed by atoms with Crippen molar-refractivity contribution in [2.24, 2.45) is 0 Å². The number of benzene rings is 1. The minimum atomic E-state index is -1.00. The molecule has 0 aromatic heterocycles. The summed E-state index contributed by atoms with van der Waals surface area (Å²) in [7, 11) is 1.32. The maximum absolute atomic E-state index is 12.3. The van der Waals surface area contributed by atoms with Crippen molar-refractivity contribution in [3.8, 4) is 0 Å². The molecule has 130 valence electrons. The van der Waals surface area contributed by atoms with Gasteiger partial charge >= 0.3 is 12.0 Å². The van der Waals surface area contributed by atoms with Gasteiger partial charge in [-0.15, -0.1) is 0 Å². The van der Waals surface area contributed by atoms with E-state index in [1.54, 1.807) is 11.8 Å². The summed E-state index contributed by atoms with van der Waals surface area (Å²) < 4.78 is 4.91. The van der Waals surface area contributed by atoms with Gasteiger partial charge in [0.25, 0.3) is 0 Å². The molecule has 2 rings (SSSR count). The van der Waals surface area contributed by atoms with Gasteiger partial charge in [0, 0.05) is 13.1 Å². The van der Waals surface area contributed by atoms with Crippen LogP contribution in [-0.2, 0) is 19.7 Å². The number of nitrogens with zero attached hydrogens (tertiary/aromatic N) is 2. The summed E-state index contributed by atoms with van der Waals surface area (Å²) in [6, 6.07) is 8.79. The molecule has 1 aliphatic heterocycles. The summed E-state index contributed by atoms with van der Waals surface area (Å²) in [5.41, 5.74) is -0.246. The van der Waals surface area contributed by atoms with Crippen LogP contribution in [0.5, 0.6) is 0 Å². The number of carbonyl (C=O) groups is 3. The van der Waals surface area contributed by atoms with Crippen LogP contribution in [-0.4, -0.2) is 61.1 Å². The number of methoxy groups -OCH3 is 1.